The van der Waals surface area contributed by atoms with Gasteiger partial charge in [0, 0.05) is 12.2 Å². The number of hydrogen-bond donors (Lipinski definition) is 5. The van der Waals surface area contributed by atoms with Crippen LogP contribution in [0.4, 0.5) is 0 Å². The lowest BCUT2D eigenvalue weighted by Gasteiger charge is -2.41. The fourth-order valence-corrected chi connectivity index (χ4v) is 4.04. The number of phenolic OH excluding ortho intramolecular Hbond substituents is 1. The normalized spacial score (nSPS) is 27.5. The van der Waals surface area contributed by atoms with E-state index in [1.165, 1.54) is 36.4 Å². The highest BCUT2D eigenvalue weighted by Gasteiger charge is 2.48. The lowest BCUT2D eigenvalue weighted by Crippen LogP contribution is -2.61. The summed E-state index contributed by atoms with van der Waals surface area (Å²) in [5, 5.41) is 51.8. The highest BCUT2D eigenvalue weighted by molar-refractivity contribution is 6.01. The Hall–Kier alpha value is -4.66. The van der Waals surface area contributed by atoms with E-state index in [4.69, 9.17) is 18.9 Å². The van der Waals surface area contributed by atoms with Crippen molar-refractivity contribution in [1.82, 2.24) is 0 Å². The molecule has 2 aliphatic carbocycles. The monoisotopic (exact) mass is 596 g/mol. The molecular weight excluding hydrogens is 568 g/mol. The standard InChI is InChI=1S/C30H28O13/c31-18-1-3-21(4-2-18)41-28-26(37)25(36)27(43-24(35)10-16-30(39)13-7-20(33)8-14-30)22(42-28)17-40-23(34)9-15-29(38)11-5-19(32)6-12-29/h1-16,22,25-28,31,36-39H,17H2/b15-9-,16-10+/t22-,25-,26-,27-,28-/m1/s1. The summed E-state index contributed by atoms with van der Waals surface area (Å²) in [5.74, 6) is -2.65. The second-order valence-electron chi connectivity index (χ2n) is 9.75. The number of ketones is 2. The predicted molar refractivity (Wildman–Crippen MR) is 145 cm³/mol. The molecule has 1 fully saturated rings. The first kappa shape index (κ1) is 31.3. The van der Waals surface area contributed by atoms with E-state index in [0.29, 0.717) is 0 Å². The van der Waals surface area contributed by atoms with Gasteiger partial charge in [0.2, 0.25) is 6.29 Å². The van der Waals surface area contributed by atoms with E-state index in [0.717, 1.165) is 60.8 Å². The number of carbonyl (C=O) groups excluding carboxylic acids is 4. The van der Waals surface area contributed by atoms with Crippen LogP contribution in [0, 0.1) is 0 Å². The van der Waals surface area contributed by atoms with E-state index in [-0.39, 0.29) is 23.1 Å². The van der Waals surface area contributed by atoms with Gasteiger partial charge in [0.05, 0.1) is 0 Å². The largest absolute Gasteiger partial charge is 0.508 e. The summed E-state index contributed by atoms with van der Waals surface area (Å²) in [6.45, 7) is -0.621. The molecular formula is C30H28O13. The number of hydrogen-bond acceptors (Lipinski definition) is 13. The Labute approximate surface area is 244 Å². The van der Waals surface area contributed by atoms with Crippen LogP contribution in [0.5, 0.6) is 11.5 Å². The number of aliphatic hydroxyl groups is 4. The second kappa shape index (κ2) is 13.1. The quantitative estimate of drug-likeness (QED) is 0.183. The van der Waals surface area contributed by atoms with Crippen molar-refractivity contribution >= 4 is 23.5 Å². The summed E-state index contributed by atoms with van der Waals surface area (Å²) in [6.07, 6.45) is 4.84. The van der Waals surface area contributed by atoms with Crippen molar-refractivity contribution in [3.8, 4) is 11.5 Å². The Morgan fingerprint density at radius 3 is 1.86 bits per heavy atom. The number of carbonyl (C=O) groups is 4. The maximum absolute atomic E-state index is 12.6. The molecule has 5 N–H and O–H groups in total. The van der Waals surface area contributed by atoms with Gasteiger partial charge in [-0.3, -0.25) is 9.59 Å². The third-order valence-electron chi connectivity index (χ3n) is 6.40. The molecule has 5 atom stereocenters. The highest BCUT2D eigenvalue weighted by atomic mass is 16.7. The van der Waals surface area contributed by atoms with Gasteiger partial charge in [-0.25, -0.2) is 9.59 Å². The maximum atomic E-state index is 12.6. The molecule has 1 heterocycles. The van der Waals surface area contributed by atoms with Gasteiger partial charge >= 0.3 is 11.9 Å². The number of allylic oxidation sites excluding steroid dienone is 4. The summed E-state index contributed by atoms with van der Waals surface area (Å²) >= 11 is 0. The van der Waals surface area contributed by atoms with Gasteiger partial charge in [0.25, 0.3) is 0 Å². The van der Waals surface area contributed by atoms with E-state index in [1.54, 1.807) is 0 Å². The van der Waals surface area contributed by atoms with E-state index in [9.17, 15) is 44.7 Å². The molecule has 4 rings (SSSR count). The molecule has 0 radical (unpaired) electrons. The van der Waals surface area contributed by atoms with Gasteiger partial charge in [-0.2, -0.15) is 0 Å². The molecule has 1 aromatic carbocycles. The molecule has 226 valence electrons. The number of esters is 2. The number of aliphatic hydroxyl groups excluding tert-OH is 2. The highest BCUT2D eigenvalue weighted by Crippen LogP contribution is 2.28. The van der Waals surface area contributed by atoms with Crippen LogP contribution in [0.1, 0.15) is 0 Å². The molecule has 0 unspecified atom stereocenters. The van der Waals surface area contributed by atoms with Crippen LogP contribution in [-0.4, -0.2) is 97.6 Å². The minimum absolute atomic E-state index is 0.0543. The summed E-state index contributed by atoms with van der Waals surface area (Å²) < 4.78 is 21.7. The lowest BCUT2D eigenvalue weighted by atomic mass is 9.97. The van der Waals surface area contributed by atoms with Crippen molar-refractivity contribution in [3.63, 3.8) is 0 Å². The molecule has 1 aromatic rings. The van der Waals surface area contributed by atoms with E-state index in [2.05, 4.69) is 0 Å². The van der Waals surface area contributed by atoms with Crippen LogP contribution < -0.4 is 4.74 Å². The average Bonchev–Trinajstić information content (AvgIpc) is 2.98. The summed E-state index contributed by atoms with van der Waals surface area (Å²) in [6, 6.07) is 5.36. The molecule has 0 aromatic heterocycles. The molecule has 43 heavy (non-hydrogen) atoms. The minimum Gasteiger partial charge on any atom is -0.508 e. The molecule has 0 spiro atoms. The van der Waals surface area contributed by atoms with Crippen molar-refractivity contribution in [2.24, 2.45) is 0 Å². The zero-order chi connectivity index (χ0) is 31.2. The third kappa shape index (κ3) is 8.44. The zero-order valence-electron chi connectivity index (χ0n) is 22.3. The van der Waals surface area contributed by atoms with Gasteiger partial charge in [-0.1, -0.05) is 0 Å². The molecule has 0 amide bonds. The number of benzene rings is 1. The Morgan fingerprint density at radius 1 is 0.814 bits per heavy atom. The Balaban J connectivity index is 1.47. The Bertz CT molecular complexity index is 1380. The van der Waals surface area contributed by atoms with E-state index in [1.807, 2.05) is 0 Å². The number of phenols is 1. The minimum atomic E-state index is -1.81. The van der Waals surface area contributed by atoms with Gasteiger partial charge in [-0.15, -0.1) is 0 Å². The first-order valence-corrected chi connectivity index (χ1v) is 12.9. The first-order valence-electron chi connectivity index (χ1n) is 12.9. The number of ether oxygens (including phenoxy) is 4. The molecule has 0 saturated carbocycles. The molecule has 3 aliphatic rings. The van der Waals surface area contributed by atoms with Crippen LogP contribution in [0.15, 0.2) is 97.2 Å². The van der Waals surface area contributed by atoms with E-state index < -0.39 is 60.5 Å². The van der Waals surface area contributed by atoms with Gasteiger partial charge in [0.15, 0.2) is 17.7 Å². The van der Waals surface area contributed by atoms with Crippen LogP contribution in [0.25, 0.3) is 0 Å². The van der Waals surface area contributed by atoms with Crippen molar-refractivity contribution in [2.75, 3.05) is 6.61 Å². The van der Waals surface area contributed by atoms with Crippen LogP contribution in [-0.2, 0) is 33.4 Å². The molecule has 13 nitrogen and oxygen atoms in total. The van der Waals surface area contributed by atoms with Crippen molar-refractivity contribution in [1.29, 1.82) is 0 Å². The zero-order valence-corrected chi connectivity index (χ0v) is 22.3. The Kier molecular flexibility index (Phi) is 9.53. The molecule has 1 saturated heterocycles. The summed E-state index contributed by atoms with van der Waals surface area (Å²) in [7, 11) is 0. The predicted octanol–water partition coefficient (Wildman–Crippen LogP) is -0.363. The molecule has 13 heteroatoms. The second-order valence-corrected chi connectivity index (χ2v) is 9.75. The van der Waals surface area contributed by atoms with Gasteiger partial charge in [-0.05, 0) is 85.0 Å². The Morgan fingerprint density at radius 2 is 1.33 bits per heavy atom. The SMILES string of the molecule is O=C1C=CC(O)(/C=C\C(=O)OC[C@H]2O[C@@H](Oc3ccc(O)cc3)[C@H](O)[C@@H](O)[C@@H]2OC(=O)/C=C/C2(O)C=CC(=O)C=C2)C=C1. The van der Waals surface area contributed by atoms with Gasteiger partial charge < -0.3 is 44.5 Å². The van der Waals surface area contributed by atoms with Crippen molar-refractivity contribution in [3.05, 3.63) is 97.2 Å². The van der Waals surface area contributed by atoms with Gasteiger partial charge in [0.1, 0.15) is 47.6 Å². The fourth-order valence-electron chi connectivity index (χ4n) is 4.04. The van der Waals surface area contributed by atoms with Crippen molar-refractivity contribution < 1.29 is 63.7 Å². The van der Waals surface area contributed by atoms with Crippen molar-refractivity contribution in [2.45, 2.75) is 41.9 Å². The van der Waals surface area contributed by atoms with Crippen LogP contribution in [0.2, 0.25) is 0 Å². The van der Waals surface area contributed by atoms with Crippen LogP contribution in [0.3, 0.4) is 0 Å². The first-order chi connectivity index (χ1) is 20.3. The average molecular weight is 597 g/mol. The third-order valence-corrected chi connectivity index (χ3v) is 6.40. The summed E-state index contributed by atoms with van der Waals surface area (Å²) in [4.78, 5) is 47.6. The lowest BCUT2D eigenvalue weighted by molar-refractivity contribution is -0.281. The topological polar surface area (TPSA) is 206 Å². The summed E-state index contributed by atoms with van der Waals surface area (Å²) in [5.41, 5.74) is -3.46. The van der Waals surface area contributed by atoms with Crippen LogP contribution >= 0.6 is 0 Å². The molecule has 0 bridgehead atoms. The fraction of sp³-hybridized carbons (Fsp3) is 0.267. The molecule has 1 aliphatic heterocycles. The smallest absolute Gasteiger partial charge is 0.331 e. The number of rotatable bonds is 9. The number of aromatic hydroxyl groups is 1. The maximum Gasteiger partial charge on any atom is 0.331 e. The van der Waals surface area contributed by atoms with E-state index >= 15 is 0 Å².